The highest BCUT2D eigenvalue weighted by Crippen LogP contribution is 2.40. The molecular weight excluding hydrogens is 233 g/mol. The van der Waals surface area contributed by atoms with E-state index >= 15 is 0 Å². The molecule has 1 saturated carbocycles. The van der Waals surface area contributed by atoms with E-state index in [1.165, 1.54) is 13.2 Å². The van der Waals surface area contributed by atoms with Gasteiger partial charge >= 0.3 is 0 Å². The second-order valence-electron chi connectivity index (χ2n) is 5.12. The summed E-state index contributed by atoms with van der Waals surface area (Å²) in [5.41, 5.74) is 6.39. The third-order valence-electron chi connectivity index (χ3n) is 4.04. The maximum atomic E-state index is 13.6. The van der Waals surface area contributed by atoms with Crippen molar-refractivity contribution in [1.29, 1.82) is 0 Å². The number of benzene rings is 1. The van der Waals surface area contributed by atoms with Gasteiger partial charge in [-0.05, 0) is 37.0 Å². The second kappa shape index (κ2) is 5.24. The number of rotatable bonds is 4. The summed E-state index contributed by atoms with van der Waals surface area (Å²) in [5.74, 6) is -0.123. The minimum Gasteiger partial charge on any atom is -0.494 e. The molecule has 0 radical (unpaired) electrons. The molecule has 1 fully saturated rings. The SMILES string of the molecule is COc1ccc(CC2(CN)CCCC2O)cc1F. The van der Waals surface area contributed by atoms with Crippen LogP contribution in [0.1, 0.15) is 24.8 Å². The van der Waals surface area contributed by atoms with Gasteiger partial charge < -0.3 is 15.6 Å². The molecule has 4 heteroatoms. The molecule has 100 valence electrons. The van der Waals surface area contributed by atoms with E-state index in [4.69, 9.17) is 10.5 Å². The van der Waals surface area contributed by atoms with Crippen LogP contribution in [-0.4, -0.2) is 24.9 Å². The minimum atomic E-state index is -0.382. The van der Waals surface area contributed by atoms with Crippen LogP contribution in [0.2, 0.25) is 0 Å². The summed E-state index contributed by atoms with van der Waals surface area (Å²) in [6, 6.07) is 4.93. The standard InChI is InChI=1S/C14H20FNO2/c1-18-12-5-4-10(7-11(12)15)8-14(9-16)6-2-3-13(14)17/h4-5,7,13,17H,2-3,6,8-9,16H2,1H3. The number of hydrogen-bond donors (Lipinski definition) is 2. The average molecular weight is 253 g/mol. The average Bonchev–Trinajstić information content (AvgIpc) is 2.72. The fourth-order valence-corrected chi connectivity index (χ4v) is 2.86. The highest BCUT2D eigenvalue weighted by molar-refractivity contribution is 5.30. The molecule has 2 atom stereocenters. The first kappa shape index (κ1) is 13.3. The summed E-state index contributed by atoms with van der Waals surface area (Å²) < 4.78 is 18.5. The van der Waals surface area contributed by atoms with Crippen molar-refractivity contribution in [2.45, 2.75) is 31.8 Å². The van der Waals surface area contributed by atoms with E-state index in [1.807, 2.05) is 6.07 Å². The molecule has 1 aliphatic rings. The number of methoxy groups -OCH3 is 1. The Morgan fingerprint density at radius 1 is 1.56 bits per heavy atom. The smallest absolute Gasteiger partial charge is 0.165 e. The molecule has 0 bridgehead atoms. The van der Waals surface area contributed by atoms with Crippen molar-refractivity contribution < 1.29 is 14.2 Å². The minimum absolute atomic E-state index is 0.243. The monoisotopic (exact) mass is 253 g/mol. The molecule has 1 aromatic rings. The third kappa shape index (κ3) is 2.35. The van der Waals surface area contributed by atoms with Gasteiger partial charge in [-0.1, -0.05) is 12.5 Å². The predicted octanol–water partition coefficient (Wildman–Crippen LogP) is 1.87. The molecular formula is C14H20FNO2. The fraction of sp³-hybridized carbons (Fsp3) is 0.571. The summed E-state index contributed by atoms with van der Waals surface area (Å²) in [6.07, 6.45) is 2.91. The van der Waals surface area contributed by atoms with Crippen molar-refractivity contribution in [3.8, 4) is 5.75 Å². The Kier molecular flexibility index (Phi) is 3.88. The number of aliphatic hydroxyl groups excluding tert-OH is 1. The predicted molar refractivity (Wildman–Crippen MR) is 68.0 cm³/mol. The van der Waals surface area contributed by atoms with Crippen LogP contribution in [0.15, 0.2) is 18.2 Å². The van der Waals surface area contributed by atoms with Crippen LogP contribution in [-0.2, 0) is 6.42 Å². The van der Waals surface area contributed by atoms with E-state index in [1.54, 1.807) is 6.07 Å². The Bertz CT molecular complexity index is 424. The largest absolute Gasteiger partial charge is 0.494 e. The van der Waals surface area contributed by atoms with Gasteiger partial charge in [0.1, 0.15) is 0 Å². The molecule has 3 N–H and O–H groups in total. The van der Waals surface area contributed by atoms with Crippen molar-refractivity contribution in [2.24, 2.45) is 11.1 Å². The lowest BCUT2D eigenvalue weighted by Gasteiger charge is -2.31. The van der Waals surface area contributed by atoms with Crippen LogP contribution in [0.5, 0.6) is 5.75 Å². The molecule has 1 aliphatic carbocycles. The van der Waals surface area contributed by atoms with E-state index in [9.17, 15) is 9.50 Å². The van der Waals surface area contributed by atoms with Crippen molar-refractivity contribution in [1.82, 2.24) is 0 Å². The quantitative estimate of drug-likeness (QED) is 0.861. The molecule has 0 aromatic heterocycles. The fourth-order valence-electron chi connectivity index (χ4n) is 2.86. The molecule has 0 saturated heterocycles. The Balaban J connectivity index is 2.20. The Hall–Kier alpha value is -1.13. The molecule has 2 rings (SSSR count). The van der Waals surface area contributed by atoms with Gasteiger partial charge in [0.2, 0.25) is 0 Å². The van der Waals surface area contributed by atoms with Gasteiger partial charge in [0.25, 0.3) is 0 Å². The highest BCUT2D eigenvalue weighted by Gasteiger charge is 2.40. The number of ether oxygens (including phenoxy) is 1. The summed E-state index contributed by atoms with van der Waals surface area (Å²) in [5, 5.41) is 10.1. The first-order valence-electron chi connectivity index (χ1n) is 6.32. The van der Waals surface area contributed by atoms with Gasteiger partial charge in [-0.2, -0.15) is 0 Å². The van der Waals surface area contributed by atoms with E-state index in [-0.39, 0.29) is 23.1 Å². The summed E-state index contributed by atoms with van der Waals surface area (Å²) >= 11 is 0. The normalized spacial score (nSPS) is 27.4. The topological polar surface area (TPSA) is 55.5 Å². The zero-order valence-electron chi connectivity index (χ0n) is 10.7. The first-order valence-corrected chi connectivity index (χ1v) is 6.32. The maximum Gasteiger partial charge on any atom is 0.165 e. The van der Waals surface area contributed by atoms with Crippen LogP contribution in [0, 0.1) is 11.2 Å². The van der Waals surface area contributed by atoms with Crippen molar-refractivity contribution in [2.75, 3.05) is 13.7 Å². The van der Waals surface area contributed by atoms with Gasteiger partial charge in [0.05, 0.1) is 13.2 Å². The molecule has 0 amide bonds. The van der Waals surface area contributed by atoms with Crippen LogP contribution < -0.4 is 10.5 Å². The lowest BCUT2D eigenvalue weighted by atomic mass is 9.78. The van der Waals surface area contributed by atoms with Crippen LogP contribution in [0.25, 0.3) is 0 Å². The molecule has 0 aliphatic heterocycles. The van der Waals surface area contributed by atoms with Crippen molar-refractivity contribution in [3.05, 3.63) is 29.6 Å². The van der Waals surface area contributed by atoms with Crippen molar-refractivity contribution in [3.63, 3.8) is 0 Å². The van der Waals surface area contributed by atoms with E-state index in [0.717, 1.165) is 24.8 Å². The van der Waals surface area contributed by atoms with Gasteiger partial charge in [-0.25, -0.2) is 4.39 Å². The Morgan fingerprint density at radius 3 is 2.83 bits per heavy atom. The van der Waals surface area contributed by atoms with Crippen LogP contribution in [0.4, 0.5) is 4.39 Å². The lowest BCUT2D eigenvalue weighted by Crippen LogP contribution is -2.39. The van der Waals surface area contributed by atoms with E-state index in [2.05, 4.69) is 0 Å². The molecule has 0 heterocycles. The van der Waals surface area contributed by atoms with Crippen LogP contribution >= 0.6 is 0 Å². The zero-order chi connectivity index (χ0) is 13.2. The number of nitrogens with two attached hydrogens (primary N) is 1. The molecule has 3 nitrogen and oxygen atoms in total. The Labute approximate surface area is 107 Å². The van der Waals surface area contributed by atoms with Gasteiger partial charge in [-0.15, -0.1) is 0 Å². The van der Waals surface area contributed by atoms with Crippen molar-refractivity contribution >= 4 is 0 Å². The molecule has 2 unspecified atom stereocenters. The van der Waals surface area contributed by atoms with E-state index in [0.29, 0.717) is 13.0 Å². The number of aliphatic hydroxyl groups is 1. The molecule has 1 aromatic carbocycles. The second-order valence-corrected chi connectivity index (χ2v) is 5.12. The zero-order valence-corrected chi connectivity index (χ0v) is 10.7. The van der Waals surface area contributed by atoms with Gasteiger partial charge in [0.15, 0.2) is 11.6 Å². The molecule has 18 heavy (non-hydrogen) atoms. The molecule has 0 spiro atoms. The summed E-state index contributed by atoms with van der Waals surface area (Å²) in [7, 11) is 1.44. The Morgan fingerprint density at radius 2 is 2.33 bits per heavy atom. The third-order valence-corrected chi connectivity index (χ3v) is 4.04. The highest BCUT2D eigenvalue weighted by atomic mass is 19.1. The maximum absolute atomic E-state index is 13.6. The van der Waals surface area contributed by atoms with Gasteiger partial charge in [-0.3, -0.25) is 0 Å². The first-order chi connectivity index (χ1) is 8.61. The summed E-state index contributed by atoms with van der Waals surface area (Å²) in [6.45, 7) is 0.432. The lowest BCUT2D eigenvalue weighted by molar-refractivity contribution is 0.0588. The van der Waals surface area contributed by atoms with Crippen LogP contribution in [0.3, 0.4) is 0 Å². The van der Waals surface area contributed by atoms with E-state index < -0.39 is 0 Å². The number of halogens is 1. The van der Waals surface area contributed by atoms with Gasteiger partial charge in [0, 0.05) is 12.0 Å². The summed E-state index contributed by atoms with van der Waals surface area (Å²) in [4.78, 5) is 0. The number of hydrogen-bond acceptors (Lipinski definition) is 3.